The molecule has 0 radical (unpaired) electrons. The number of rotatable bonds is 5. The van der Waals surface area contributed by atoms with Crippen LogP contribution in [-0.2, 0) is 11.3 Å². The van der Waals surface area contributed by atoms with Crippen molar-refractivity contribution in [3.05, 3.63) is 42.2 Å². The molecule has 3 rings (SSSR count). The van der Waals surface area contributed by atoms with Gasteiger partial charge in [-0.15, -0.1) is 0 Å². The van der Waals surface area contributed by atoms with Gasteiger partial charge in [0.05, 0.1) is 12.7 Å². The quantitative estimate of drug-likeness (QED) is 0.912. The molecule has 0 aliphatic carbocycles. The fourth-order valence-corrected chi connectivity index (χ4v) is 2.88. The van der Waals surface area contributed by atoms with E-state index in [0.29, 0.717) is 6.10 Å². The lowest BCUT2D eigenvalue weighted by Gasteiger charge is -2.32. The summed E-state index contributed by atoms with van der Waals surface area (Å²) >= 11 is 0. The Morgan fingerprint density at radius 1 is 1.33 bits per heavy atom. The molecule has 1 unspecified atom stereocenters. The van der Waals surface area contributed by atoms with Crippen molar-refractivity contribution in [2.24, 2.45) is 0 Å². The summed E-state index contributed by atoms with van der Waals surface area (Å²) in [6.07, 6.45) is 4.17. The van der Waals surface area contributed by atoms with E-state index in [9.17, 15) is 0 Å². The third-order valence-electron chi connectivity index (χ3n) is 4.11. The third-order valence-corrected chi connectivity index (χ3v) is 4.11. The minimum absolute atomic E-state index is 0.293. The average molecular weight is 285 g/mol. The van der Waals surface area contributed by atoms with Gasteiger partial charge in [0.2, 0.25) is 0 Å². The van der Waals surface area contributed by atoms with Crippen molar-refractivity contribution in [2.75, 3.05) is 32.8 Å². The summed E-state index contributed by atoms with van der Waals surface area (Å²) in [5, 5.41) is 5.99. The fraction of sp³-hybridized carbons (Fsp3) is 0.471. The molecule has 2 heterocycles. The van der Waals surface area contributed by atoms with E-state index in [0.717, 1.165) is 39.3 Å². The van der Waals surface area contributed by atoms with Crippen molar-refractivity contribution >= 4 is 10.8 Å². The first-order valence-corrected chi connectivity index (χ1v) is 7.73. The molecule has 0 spiro atoms. The highest BCUT2D eigenvalue weighted by molar-refractivity contribution is 5.84. The van der Waals surface area contributed by atoms with E-state index in [-0.39, 0.29) is 0 Å². The molecule has 1 N–H and O–H groups in total. The van der Waals surface area contributed by atoms with Crippen LogP contribution in [0.2, 0.25) is 0 Å². The summed E-state index contributed by atoms with van der Waals surface area (Å²) in [6.45, 7) is 7.96. The van der Waals surface area contributed by atoms with E-state index in [2.05, 4.69) is 46.4 Å². The normalized spacial score (nSPS) is 20.0. The van der Waals surface area contributed by atoms with Crippen LogP contribution >= 0.6 is 0 Å². The van der Waals surface area contributed by atoms with Crippen LogP contribution in [0.15, 0.2) is 36.7 Å². The standard InChI is InChI=1S/C17H23N3O/c1-2-20-7-8-21-16(13-20)12-19-11-15-10-18-9-14-5-3-4-6-17(14)15/h3-6,9-10,16,19H,2,7-8,11-13H2,1H3. The molecule has 1 aliphatic rings. The SMILES string of the molecule is CCN1CCOC(CNCc2cncc3ccccc23)C1. The highest BCUT2D eigenvalue weighted by Gasteiger charge is 2.18. The van der Waals surface area contributed by atoms with E-state index < -0.39 is 0 Å². The van der Waals surface area contributed by atoms with Gasteiger partial charge >= 0.3 is 0 Å². The number of morpholine rings is 1. The zero-order valence-electron chi connectivity index (χ0n) is 12.6. The van der Waals surface area contributed by atoms with Gasteiger partial charge in [-0.05, 0) is 17.5 Å². The number of nitrogens with zero attached hydrogens (tertiary/aromatic N) is 2. The van der Waals surface area contributed by atoms with Crippen LogP contribution in [0, 0.1) is 0 Å². The van der Waals surface area contributed by atoms with E-state index >= 15 is 0 Å². The molecule has 0 bridgehead atoms. The van der Waals surface area contributed by atoms with Crippen LogP contribution in [0.4, 0.5) is 0 Å². The lowest BCUT2D eigenvalue weighted by atomic mass is 10.1. The minimum atomic E-state index is 0.293. The summed E-state index contributed by atoms with van der Waals surface area (Å²) < 4.78 is 5.82. The molecule has 2 aromatic rings. The Labute approximate surface area is 126 Å². The van der Waals surface area contributed by atoms with Crippen molar-refractivity contribution in [3.63, 3.8) is 0 Å². The molecular weight excluding hydrogens is 262 g/mol. The van der Waals surface area contributed by atoms with Crippen LogP contribution in [0.1, 0.15) is 12.5 Å². The van der Waals surface area contributed by atoms with Gasteiger partial charge in [-0.25, -0.2) is 0 Å². The Morgan fingerprint density at radius 3 is 3.14 bits per heavy atom. The summed E-state index contributed by atoms with van der Waals surface area (Å²) in [7, 11) is 0. The highest BCUT2D eigenvalue weighted by atomic mass is 16.5. The van der Waals surface area contributed by atoms with Crippen LogP contribution in [-0.4, -0.2) is 48.8 Å². The molecule has 4 heteroatoms. The number of hydrogen-bond donors (Lipinski definition) is 1. The number of benzene rings is 1. The second-order valence-corrected chi connectivity index (χ2v) is 5.54. The Bertz CT molecular complexity index is 582. The number of hydrogen-bond acceptors (Lipinski definition) is 4. The predicted molar refractivity (Wildman–Crippen MR) is 85.3 cm³/mol. The first kappa shape index (κ1) is 14.4. The zero-order valence-corrected chi connectivity index (χ0v) is 12.6. The lowest BCUT2D eigenvalue weighted by molar-refractivity contribution is -0.0253. The fourth-order valence-electron chi connectivity index (χ4n) is 2.88. The molecule has 1 saturated heterocycles. The number of ether oxygens (including phenoxy) is 1. The maximum absolute atomic E-state index is 5.82. The number of aromatic nitrogens is 1. The molecule has 1 aliphatic heterocycles. The molecule has 21 heavy (non-hydrogen) atoms. The van der Waals surface area contributed by atoms with Crippen LogP contribution < -0.4 is 5.32 Å². The zero-order chi connectivity index (χ0) is 14.5. The number of fused-ring (bicyclic) bond motifs is 1. The van der Waals surface area contributed by atoms with Crippen molar-refractivity contribution < 1.29 is 4.74 Å². The highest BCUT2D eigenvalue weighted by Crippen LogP contribution is 2.16. The molecule has 1 fully saturated rings. The first-order valence-electron chi connectivity index (χ1n) is 7.73. The Morgan fingerprint density at radius 2 is 2.24 bits per heavy atom. The summed E-state index contributed by atoms with van der Waals surface area (Å²) in [5.74, 6) is 0. The third kappa shape index (κ3) is 3.59. The van der Waals surface area contributed by atoms with Gasteiger partial charge in [-0.1, -0.05) is 31.2 Å². The number of likely N-dealkylation sites (N-methyl/N-ethyl adjacent to an activating group) is 1. The summed E-state index contributed by atoms with van der Waals surface area (Å²) in [5.41, 5.74) is 1.25. The van der Waals surface area contributed by atoms with E-state index in [1.807, 2.05) is 12.4 Å². The minimum Gasteiger partial charge on any atom is -0.374 e. The number of nitrogens with one attached hydrogen (secondary N) is 1. The van der Waals surface area contributed by atoms with Gasteiger partial charge in [0.15, 0.2) is 0 Å². The Balaban J connectivity index is 1.57. The second kappa shape index (κ2) is 6.98. The van der Waals surface area contributed by atoms with E-state index in [1.165, 1.54) is 16.3 Å². The van der Waals surface area contributed by atoms with Crippen LogP contribution in [0.25, 0.3) is 10.8 Å². The largest absolute Gasteiger partial charge is 0.374 e. The van der Waals surface area contributed by atoms with Gasteiger partial charge in [0.1, 0.15) is 0 Å². The predicted octanol–water partition coefficient (Wildman–Crippen LogP) is 2.05. The van der Waals surface area contributed by atoms with Gasteiger partial charge < -0.3 is 10.1 Å². The van der Waals surface area contributed by atoms with E-state index in [4.69, 9.17) is 4.74 Å². The van der Waals surface area contributed by atoms with Gasteiger partial charge in [0, 0.05) is 44.0 Å². The lowest BCUT2D eigenvalue weighted by Crippen LogP contribution is -2.46. The molecule has 4 nitrogen and oxygen atoms in total. The average Bonchev–Trinajstić information content (AvgIpc) is 2.55. The molecule has 1 aromatic heterocycles. The van der Waals surface area contributed by atoms with Crippen LogP contribution in [0.5, 0.6) is 0 Å². The summed E-state index contributed by atoms with van der Waals surface area (Å²) in [6, 6.07) is 8.39. The molecule has 1 atom stereocenters. The van der Waals surface area contributed by atoms with Gasteiger partial charge in [-0.3, -0.25) is 9.88 Å². The topological polar surface area (TPSA) is 37.4 Å². The Kier molecular flexibility index (Phi) is 4.80. The van der Waals surface area contributed by atoms with Crippen molar-refractivity contribution in [2.45, 2.75) is 19.6 Å². The van der Waals surface area contributed by atoms with Gasteiger partial charge in [0.25, 0.3) is 0 Å². The second-order valence-electron chi connectivity index (χ2n) is 5.54. The maximum Gasteiger partial charge on any atom is 0.0826 e. The first-order chi connectivity index (χ1) is 10.4. The smallest absolute Gasteiger partial charge is 0.0826 e. The van der Waals surface area contributed by atoms with E-state index in [1.54, 1.807) is 0 Å². The van der Waals surface area contributed by atoms with Gasteiger partial charge in [-0.2, -0.15) is 0 Å². The Hall–Kier alpha value is -1.49. The molecule has 112 valence electrons. The monoisotopic (exact) mass is 285 g/mol. The van der Waals surface area contributed by atoms with Crippen LogP contribution in [0.3, 0.4) is 0 Å². The van der Waals surface area contributed by atoms with Crippen molar-refractivity contribution in [1.29, 1.82) is 0 Å². The maximum atomic E-state index is 5.82. The number of pyridine rings is 1. The van der Waals surface area contributed by atoms with Crippen molar-refractivity contribution in [3.8, 4) is 0 Å². The van der Waals surface area contributed by atoms with Crippen molar-refractivity contribution in [1.82, 2.24) is 15.2 Å². The molecular formula is C17H23N3O. The molecule has 0 saturated carbocycles. The summed E-state index contributed by atoms with van der Waals surface area (Å²) in [4.78, 5) is 6.76. The molecule has 0 amide bonds. The molecule has 1 aromatic carbocycles.